The van der Waals surface area contributed by atoms with Crippen molar-refractivity contribution in [1.82, 2.24) is 15.0 Å². The molecule has 110 valence electrons. The Labute approximate surface area is 127 Å². The highest BCUT2D eigenvalue weighted by Gasteiger charge is 2.24. The quantitative estimate of drug-likeness (QED) is 0.791. The lowest BCUT2D eigenvalue weighted by Gasteiger charge is -2.09. The van der Waals surface area contributed by atoms with Gasteiger partial charge in [-0.1, -0.05) is 17.7 Å². The monoisotopic (exact) mass is 307 g/mol. The zero-order chi connectivity index (χ0) is 14.8. The molecule has 1 aliphatic heterocycles. The Morgan fingerprint density at radius 3 is 2.71 bits per heavy atom. The van der Waals surface area contributed by atoms with Crippen molar-refractivity contribution in [3.8, 4) is 17.8 Å². The molecule has 1 aliphatic rings. The van der Waals surface area contributed by atoms with E-state index in [-0.39, 0.29) is 23.4 Å². The molecule has 1 unspecified atom stereocenters. The summed E-state index contributed by atoms with van der Waals surface area (Å²) in [5.74, 6) is 0.666. The second-order valence-electron chi connectivity index (χ2n) is 4.81. The number of ether oxygens (including phenoxy) is 3. The van der Waals surface area contributed by atoms with Gasteiger partial charge in [0, 0.05) is 0 Å². The van der Waals surface area contributed by atoms with Crippen molar-refractivity contribution in [2.75, 3.05) is 13.2 Å². The minimum Gasteiger partial charge on any atom is -0.460 e. The second kappa shape index (κ2) is 5.83. The molecule has 0 spiro atoms. The number of aromatic nitrogens is 3. The predicted octanol–water partition coefficient (Wildman–Crippen LogP) is 2.71. The number of hydrogen-bond acceptors (Lipinski definition) is 6. The molecule has 0 saturated carbocycles. The summed E-state index contributed by atoms with van der Waals surface area (Å²) in [5, 5.41) is 0.0245. The van der Waals surface area contributed by atoms with Gasteiger partial charge in [-0.3, -0.25) is 0 Å². The smallest absolute Gasteiger partial charge is 0.329 e. The zero-order valence-electron chi connectivity index (χ0n) is 11.7. The van der Waals surface area contributed by atoms with E-state index in [1.807, 2.05) is 32.0 Å². The summed E-state index contributed by atoms with van der Waals surface area (Å²) < 4.78 is 16.1. The molecule has 6 nitrogen and oxygen atoms in total. The molecule has 0 bridgehead atoms. The van der Waals surface area contributed by atoms with Crippen molar-refractivity contribution in [2.24, 2.45) is 0 Å². The van der Waals surface area contributed by atoms with Gasteiger partial charge in [-0.25, -0.2) is 0 Å². The minimum atomic E-state index is 0.0245. The molecule has 0 aliphatic carbocycles. The maximum atomic E-state index is 5.86. The summed E-state index contributed by atoms with van der Waals surface area (Å²) in [6, 6.07) is 6.06. The standard InChI is InChI=1S/C14H14ClN3O3/c1-8-3-4-11(9(2)5-8)21-14-17-12(15)16-13(18-14)20-7-10-6-19-10/h3-5,10H,6-7H2,1-2H3. The van der Waals surface area contributed by atoms with E-state index in [4.69, 9.17) is 25.8 Å². The van der Waals surface area contributed by atoms with Gasteiger partial charge in [0.1, 0.15) is 18.5 Å². The maximum absolute atomic E-state index is 5.86. The van der Waals surface area contributed by atoms with E-state index in [0.29, 0.717) is 19.0 Å². The van der Waals surface area contributed by atoms with Crippen LogP contribution in [0.2, 0.25) is 5.28 Å². The highest BCUT2D eigenvalue weighted by Crippen LogP contribution is 2.25. The predicted molar refractivity (Wildman–Crippen MR) is 76.1 cm³/mol. The van der Waals surface area contributed by atoms with E-state index in [1.54, 1.807) is 0 Å². The molecular formula is C14H14ClN3O3. The number of rotatable bonds is 5. The van der Waals surface area contributed by atoms with Gasteiger partial charge in [-0.05, 0) is 37.1 Å². The lowest BCUT2D eigenvalue weighted by atomic mass is 10.1. The molecule has 0 amide bonds. The number of aryl methyl sites for hydroxylation is 2. The van der Waals surface area contributed by atoms with Crippen molar-refractivity contribution < 1.29 is 14.2 Å². The van der Waals surface area contributed by atoms with Crippen LogP contribution in [0.15, 0.2) is 18.2 Å². The average molecular weight is 308 g/mol. The minimum absolute atomic E-state index is 0.0245. The molecule has 0 radical (unpaired) electrons. The summed E-state index contributed by atoms with van der Waals surface area (Å²) in [7, 11) is 0. The second-order valence-corrected chi connectivity index (χ2v) is 5.15. The van der Waals surface area contributed by atoms with E-state index in [0.717, 1.165) is 11.1 Å². The van der Waals surface area contributed by atoms with E-state index in [2.05, 4.69) is 15.0 Å². The van der Waals surface area contributed by atoms with E-state index < -0.39 is 0 Å². The molecule has 3 rings (SSSR count). The van der Waals surface area contributed by atoms with Crippen LogP contribution in [0, 0.1) is 13.8 Å². The van der Waals surface area contributed by atoms with Gasteiger partial charge in [-0.15, -0.1) is 4.98 Å². The van der Waals surface area contributed by atoms with E-state index in [9.17, 15) is 0 Å². The number of nitrogens with zero attached hydrogens (tertiary/aromatic N) is 3. The fraction of sp³-hybridized carbons (Fsp3) is 0.357. The number of hydrogen-bond donors (Lipinski definition) is 0. The Bertz CT molecular complexity index is 662. The highest BCUT2D eigenvalue weighted by atomic mass is 35.5. The largest absolute Gasteiger partial charge is 0.460 e. The van der Waals surface area contributed by atoms with Crippen LogP contribution in [-0.2, 0) is 4.74 Å². The molecule has 1 atom stereocenters. The van der Waals surface area contributed by atoms with Crippen LogP contribution in [0.1, 0.15) is 11.1 Å². The van der Waals surface area contributed by atoms with Gasteiger partial charge < -0.3 is 14.2 Å². The van der Waals surface area contributed by atoms with Crippen molar-refractivity contribution >= 4 is 11.6 Å². The summed E-state index contributed by atoms with van der Waals surface area (Å²) in [5.41, 5.74) is 2.14. The number of epoxide rings is 1. The molecule has 1 aromatic heterocycles. The lowest BCUT2D eigenvalue weighted by Crippen LogP contribution is -2.08. The first-order valence-corrected chi connectivity index (χ1v) is 6.89. The summed E-state index contributed by atoms with van der Waals surface area (Å²) in [6.07, 6.45) is 0.115. The third kappa shape index (κ3) is 3.80. The average Bonchev–Trinajstić information content (AvgIpc) is 3.23. The molecule has 21 heavy (non-hydrogen) atoms. The van der Waals surface area contributed by atoms with Gasteiger partial charge in [0.05, 0.1) is 6.61 Å². The lowest BCUT2D eigenvalue weighted by molar-refractivity contribution is 0.242. The Kier molecular flexibility index (Phi) is 3.90. The highest BCUT2D eigenvalue weighted by molar-refractivity contribution is 6.28. The topological polar surface area (TPSA) is 69.7 Å². The normalized spacial score (nSPS) is 16.6. The van der Waals surface area contributed by atoms with Crippen molar-refractivity contribution in [1.29, 1.82) is 0 Å². The molecule has 0 N–H and O–H groups in total. The first kappa shape index (κ1) is 14.0. The zero-order valence-corrected chi connectivity index (χ0v) is 12.4. The van der Waals surface area contributed by atoms with E-state index >= 15 is 0 Å². The number of benzene rings is 1. The van der Waals surface area contributed by atoms with E-state index in [1.165, 1.54) is 0 Å². The number of halogens is 1. The Morgan fingerprint density at radius 2 is 2.00 bits per heavy atom. The fourth-order valence-electron chi connectivity index (χ4n) is 1.77. The fourth-order valence-corrected chi connectivity index (χ4v) is 1.91. The SMILES string of the molecule is Cc1ccc(Oc2nc(Cl)nc(OCC3CO3)n2)c(C)c1. The van der Waals surface area contributed by atoms with Crippen LogP contribution in [0.5, 0.6) is 17.8 Å². The molecule has 7 heteroatoms. The molecule has 1 aromatic carbocycles. The summed E-state index contributed by atoms with van der Waals surface area (Å²) in [6.45, 7) is 5.06. The van der Waals surface area contributed by atoms with Gasteiger partial charge in [-0.2, -0.15) is 9.97 Å². The molecule has 2 heterocycles. The van der Waals surface area contributed by atoms with Gasteiger partial charge in [0.2, 0.25) is 5.28 Å². The van der Waals surface area contributed by atoms with Gasteiger partial charge in [0.25, 0.3) is 0 Å². The molecule has 1 fully saturated rings. The maximum Gasteiger partial charge on any atom is 0.329 e. The van der Waals surface area contributed by atoms with Crippen LogP contribution in [0.3, 0.4) is 0 Å². The Morgan fingerprint density at radius 1 is 1.24 bits per heavy atom. The van der Waals surface area contributed by atoms with Crippen LogP contribution in [0.25, 0.3) is 0 Å². The first-order valence-electron chi connectivity index (χ1n) is 6.51. The molecular weight excluding hydrogens is 294 g/mol. The first-order chi connectivity index (χ1) is 10.1. The van der Waals surface area contributed by atoms with Crippen LogP contribution in [0.4, 0.5) is 0 Å². The Hall–Kier alpha value is -1.92. The van der Waals surface area contributed by atoms with Crippen molar-refractivity contribution in [3.63, 3.8) is 0 Å². The third-order valence-corrected chi connectivity index (χ3v) is 3.07. The third-order valence-electron chi connectivity index (χ3n) is 2.90. The van der Waals surface area contributed by atoms with Crippen LogP contribution < -0.4 is 9.47 Å². The van der Waals surface area contributed by atoms with Gasteiger partial charge >= 0.3 is 12.0 Å². The molecule has 1 saturated heterocycles. The summed E-state index contributed by atoms with van der Waals surface area (Å²) in [4.78, 5) is 11.9. The van der Waals surface area contributed by atoms with Gasteiger partial charge in [0.15, 0.2) is 0 Å². The van der Waals surface area contributed by atoms with Crippen LogP contribution >= 0.6 is 11.6 Å². The summed E-state index contributed by atoms with van der Waals surface area (Å²) >= 11 is 5.86. The van der Waals surface area contributed by atoms with Crippen molar-refractivity contribution in [2.45, 2.75) is 20.0 Å². The Balaban J connectivity index is 1.77. The molecule has 2 aromatic rings. The van der Waals surface area contributed by atoms with Crippen molar-refractivity contribution in [3.05, 3.63) is 34.6 Å². The van der Waals surface area contributed by atoms with Crippen LogP contribution in [-0.4, -0.2) is 34.3 Å².